The SMILES string of the molecule is CCOc1cc(NCC2CCCS2)nc(C)n1. The van der Waals surface area contributed by atoms with Crippen LogP contribution in [0.15, 0.2) is 6.07 Å². The number of nitrogens with one attached hydrogen (secondary N) is 1. The van der Waals surface area contributed by atoms with Gasteiger partial charge in [0.05, 0.1) is 6.61 Å². The summed E-state index contributed by atoms with van der Waals surface area (Å²) in [5.41, 5.74) is 0. The van der Waals surface area contributed by atoms with E-state index in [1.165, 1.54) is 18.6 Å². The Labute approximate surface area is 107 Å². The number of nitrogens with zero attached hydrogens (tertiary/aromatic N) is 2. The van der Waals surface area contributed by atoms with E-state index in [0.29, 0.717) is 12.5 Å². The maximum absolute atomic E-state index is 5.40. The first kappa shape index (κ1) is 12.5. The Kier molecular flexibility index (Phi) is 4.48. The summed E-state index contributed by atoms with van der Waals surface area (Å²) in [7, 11) is 0. The van der Waals surface area contributed by atoms with Gasteiger partial charge in [-0.3, -0.25) is 0 Å². The van der Waals surface area contributed by atoms with Crippen LogP contribution in [0.3, 0.4) is 0 Å². The molecule has 0 saturated carbocycles. The minimum atomic E-state index is 0.633. The van der Waals surface area contributed by atoms with Gasteiger partial charge in [-0.25, -0.2) is 4.98 Å². The van der Waals surface area contributed by atoms with Crippen LogP contribution in [-0.2, 0) is 0 Å². The van der Waals surface area contributed by atoms with Crippen LogP contribution in [0.2, 0.25) is 0 Å². The lowest BCUT2D eigenvalue weighted by Crippen LogP contribution is -2.15. The zero-order valence-electron chi connectivity index (χ0n) is 10.4. The monoisotopic (exact) mass is 253 g/mol. The Morgan fingerprint density at radius 2 is 2.41 bits per heavy atom. The van der Waals surface area contributed by atoms with E-state index in [9.17, 15) is 0 Å². The normalized spacial score (nSPS) is 19.3. The molecule has 0 amide bonds. The van der Waals surface area contributed by atoms with Gasteiger partial charge < -0.3 is 10.1 Å². The molecule has 94 valence electrons. The Morgan fingerprint density at radius 1 is 1.53 bits per heavy atom. The molecule has 0 bridgehead atoms. The van der Waals surface area contributed by atoms with E-state index < -0.39 is 0 Å². The molecule has 1 aromatic rings. The van der Waals surface area contributed by atoms with Gasteiger partial charge in [-0.2, -0.15) is 16.7 Å². The van der Waals surface area contributed by atoms with E-state index in [4.69, 9.17) is 4.74 Å². The van der Waals surface area contributed by atoms with Crippen molar-refractivity contribution in [3.05, 3.63) is 11.9 Å². The van der Waals surface area contributed by atoms with Crippen LogP contribution in [-0.4, -0.2) is 34.1 Å². The largest absolute Gasteiger partial charge is 0.478 e. The van der Waals surface area contributed by atoms with Crippen LogP contribution in [0, 0.1) is 6.92 Å². The van der Waals surface area contributed by atoms with Crippen LogP contribution in [0.4, 0.5) is 5.82 Å². The molecule has 17 heavy (non-hydrogen) atoms. The van der Waals surface area contributed by atoms with Crippen LogP contribution in [0.5, 0.6) is 5.88 Å². The van der Waals surface area contributed by atoms with Crippen molar-refractivity contribution in [2.45, 2.75) is 31.9 Å². The lowest BCUT2D eigenvalue weighted by atomic mass is 10.2. The van der Waals surface area contributed by atoms with Crippen LogP contribution < -0.4 is 10.1 Å². The molecule has 1 aliphatic rings. The molecule has 1 atom stereocenters. The zero-order chi connectivity index (χ0) is 12.1. The van der Waals surface area contributed by atoms with E-state index in [1.54, 1.807) is 0 Å². The van der Waals surface area contributed by atoms with Gasteiger partial charge in [-0.1, -0.05) is 0 Å². The molecule has 1 unspecified atom stereocenters. The third kappa shape index (κ3) is 3.77. The summed E-state index contributed by atoms with van der Waals surface area (Å²) in [6, 6.07) is 1.87. The molecule has 2 heterocycles. The summed E-state index contributed by atoms with van der Waals surface area (Å²) in [6.07, 6.45) is 2.64. The van der Waals surface area contributed by atoms with Crippen LogP contribution >= 0.6 is 11.8 Å². The summed E-state index contributed by atoms with van der Waals surface area (Å²) < 4.78 is 5.40. The van der Waals surface area contributed by atoms with Crippen molar-refractivity contribution in [3.63, 3.8) is 0 Å². The van der Waals surface area contributed by atoms with E-state index >= 15 is 0 Å². The highest BCUT2D eigenvalue weighted by molar-refractivity contribution is 8.00. The second-order valence-electron chi connectivity index (χ2n) is 4.09. The number of rotatable bonds is 5. The van der Waals surface area contributed by atoms with Gasteiger partial charge >= 0.3 is 0 Å². The highest BCUT2D eigenvalue weighted by Crippen LogP contribution is 2.26. The molecule has 1 N–H and O–H groups in total. The van der Waals surface area contributed by atoms with Crippen LogP contribution in [0.25, 0.3) is 0 Å². The first-order chi connectivity index (χ1) is 8.28. The topological polar surface area (TPSA) is 47.0 Å². The Morgan fingerprint density at radius 3 is 3.12 bits per heavy atom. The van der Waals surface area contributed by atoms with Crippen molar-refractivity contribution in [2.24, 2.45) is 0 Å². The number of ether oxygens (including phenoxy) is 1. The summed E-state index contributed by atoms with van der Waals surface area (Å²) in [6.45, 7) is 5.46. The average Bonchev–Trinajstić information content (AvgIpc) is 2.79. The fraction of sp³-hybridized carbons (Fsp3) is 0.667. The summed E-state index contributed by atoms with van der Waals surface area (Å²) >= 11 is 2.04. The number of thioether (sulfide) groups is 1. The smallest absolute Gasteiger partial charge is 0.218 e. The van der Waals surface area contributed by atoms with Gasteiger partial charge in [0.1, 0.15) is 11.6 Å². The summed E-state index contributed by atoms with van der Waals surface area (Å²) in [4.78, 5) is 8.59. The van der Waals surface area contributed by atoms with Gasteiger partial charge in [0.25, 0.3) is 0 Å². The van der Waals surface area contributed by atoms with Crippen molar-refractivity contribution in [1.82, 2.24) is 9.97 Å². The molecule has 1 aromatic heterocycles. The molecule has 1 saturated heterocycles. The van der Waals surface area contributed by atoms with E-state index in [2.05, 4.69) is 15.3 Å². The molecule has 4 nitrogen and oxygen atoms in total. The number of aryl methyl sites for hydroxylation is 1. The number of hydrogen-bond acceptors (Lipinski definition) is 5. The fourth-order valence-corrected chi connectivity index (χ4v) is 3.08. The van der Waals surface area contributed by atoms with Crippen molar-refractivity contribution in [2.75, 3.05) is 24.2 Å². The van der Waals surface area contributed by atoms with E-state index in [-0.39, 0.29) is 0 Å². The fourth-order valence-electron chi connectivity index (χ4n) is 1.88. The maximum Gasteiger partial charge on any atom is 0.218 e. The molecule has 5 heteroatoms. The second-order valence-corrected chi connectivity index (χ2v) is 5.50. The van der Waals surface area contributed by atoms with Crippen molar-refractivity contribution < 1.29 is 4.74 Å². The maximum atomic E-state index is 5.40. The first-order valence-corrected chi connectivity index (χ1v) is 7.16. The number of hydrogen-bond donors (Lipinski definition) is 1. The van der Waals surface area contributed by atoms with Crippen molar-refractivity contribution >= 4 is 17.6 Å². The molecular weight excluding hydrogens is 234 g/mol. The molecular formula is C12H19N3OS. The molecule has 0 aliphatic carbocycles. The van der Waals surface area contributed by atoms with E-state index in [1.807, 2.05) is 31.7 Å². The highest BCUT2D eigenvalue weighted by atomic mass is 32.2. The molecule has 0 radical (unpaired) electrons. The number of aromatic nitrogens is 2. The standard InChI is InChI=1S/C12H19N3OS/c1-3-16-12-7-11(14-9(2)15-12)13-8-10-5-4-6-17-10/h7,10H,3-6,8H2,1-2H3,(H,13,14,15). The second kappa shape index (κ2) is 6.10. The lowest BCUT2D eigenvalue weighted by molar-refractivity contribution is 0.325. The van der Waals surface area contributed by atoms with Gasteiger partial charge in [0.2, 0.25) is 5.88 Å². The minimum absolute atomic E-state index is 0.633. The Hall–Kier alpha value is -0.970. The van der Waals surface area contributed by atoms with E-state index in [0.717, 1.165) is 23.4 Å². The third-order valence-corrected chi connectivity index (χ3v) is 4.04. The number of anilines is 1. The van der Waals surface area contributed by atoms with Crippen LogP contribution in [0.1, 0.15) is 25.6 Å². The van der Waals surface area contributed by atoms with Gasteiger partial charge in [-0.15, -0.1) is 0 Å². The highest BCUT2D eigenvalue weighted by Gasteiger charge is 2.15. The van der Waals surface area contributed by atoms with Gasteiger partial charge in [-0.05, 0) is 32.4 Å². The first-order valence-electron chi connectivity index (χ1n) is 6.12. The van der Waals surface area contributed by atoms with Crippen molar-refractivity contribution in [3.8, 4) is 5.88 Å². The molecule has 0 spiro atoms. The average molecular weight is 253 g/mol. The minimum Gasteiger partial charge on any atom is -0.478 e. The quantitative estimate of drug-likeness (QED) is 0.873. The molecule has 0 aromatic carbocycles. The Balaban J connectivity index is 1.94. The predicted octanol–water partition coefficient (Wildman–Crippen LogP) is 2.49. The lowest BCUT2D eigenvalue weighted by Gasteiger charge is -2.12. The summed E-state index contributed by atoms with van der Waals surface area (Å²) in [5.74, 6) is 3.56. The van der Waals surface area contributed by atoms with Crippen molar-refractivity contribution in [1.29, 1.82) is 0 Å². The molecule has 2 rings (SSSR count). The molecule has 1 aliphatic heterocycles. The zero-order valence-corrected chi connectivity index (χ0v) is 11.2. The third-order valence-electron chi connectivity index (χ3n) is 2.64. The summed E-state index contributed by atoms with van der Waals surface area (Å²) in [5, 5.41) is 4.10. The molecule has 1 fully saturated rings. The predicted molar refractivity (Wildman–Crippen MR) is 71.9 cm³/mol. The Bertz CT molecular complexity index is 367. The van der Waals surface area contributed by atoms with Gasteiger partial charge in [0, 0.05) is 17.9 Å². The van der Waals surface area contributed by atoms with Gasteiger partial charge in [0.15, 0.2) is 0 Å².